The molecule has 0 radical (unpaired) electrons. The molecule has 0 bridgehead atoms. The van der Waals surface area contributed by atoms with Gasteiger partial charge in [0.15, 0.2) is 4.34 Å². The van der Waals surface area contributed by atoms with E-state index >= 15 is 0 Å². The van der Waals surface area contributed by atoms with Crippen LogP contribution in [0.1, 0.15) is 6.92 Å². The predicted molar refractivity (Wildman–Crippen MR) is 92.3 cm³/mol. The second-order valence-electron chi connectivity index (χ2n) is 4.71. The molecule has 1 atom stereocenters. The number of aromatic amines is 2. The van der Waals surface area contributed by atoms with Gasteiger partial charge in [0.25, 0.3) is 0 Å². The summed E-state index contributed by atoms with van der Waals surface area (Å²) >= 11 is 2.74. The average Bonchev–Trinajstić information content (AvgIpc) is 3.11. The number of aromatic nitrogens is 4. The Kier molecular flexibility index (Phi) is 4.35. The maximum Gasteiger partial charge on any atom is 0.323 e. The van der Waals surface area contributed by atoms with Gasteiger partial charge in [0.2, 0.25) is 11.0 Å². The van der Waals surface area contributed by atoms with Crippen molar-refractivity contribution < 1.29 is 4.79 Å². The Bertz CT molecular complexity index is 899. The van der Waals surface area contributed by atoms with Crippen molar-refractivity contribution in [1.29, 1.82) is 0 Å². The summed E-state index contributed by atoms with van der Waals surface area (Å²) in [6, 6.07) is 5.20. The molecular weight excluding hydrogens is 336 g/mol. The first-order valence-corrected chi connectivity index (χ1v) is 8.45. The van der Waals surface area contributed by atoms with Gasteiger partial charge in [0, 0.05) is 12.7 Å². The number of benzene rings is 1. The number of hydrogen-bond acceptors (Lipinski definition) is 7. The highest BCUT2D eigenvalue weighted by atomic mass is 32.2. The van der Waals surface area contributed by atoms with Crippen molar-refractivity contribution in [2.75, 3.05) is 17.7 Å². The molecule has 3 aromatic rings. The first-order chi connectivity index (χ1) is 11.0. The Morgan fingerprint density at radius 2 is 2.09 bits per heavy atom. The Morgan fingerprint density at radius 1 is 1.30 bits per heavy atom. The molecule has 1 amide bonds. The van der Waals surface area contributed by atoms with Gasteiger partial charge in [-0.05, 0) is 25.1 Å². The lowest BCUT2D eigenvalue weighted by Gasteiger charge is -2.10. The summed E-state index contributed by atoms with van der Waals surface area (Å²) in [5.74, 6) is -0.145. The molecule has 4 N–H and O–H groups in total. The number of carbonyl (C=O) groups is 1. The van der Waals surface area contributed by atoms with E-state index in [9.17, 15) is 9.59 Å². The van der Waals surface area contributed by atoms with Crippen molar-refractivity contribution in [2.45, 2.75) is 16.5 Å². The zero-order valence-electron chi connectivity index (χ0n) is 12.3. The van der Waals surface area contributed by atoms with Crippen molar-refractivity contribution in [1.82, 2.24) is 20.2 Å². The van der Waals surface area contributed by atoms with Gasteiger partial charge in [-0.25, -0.2) is 4.79 Å². The summed E-state index contributed by atoms with van der Waals surface area (Å²) in [4.78, 5) is 28.8. The van der Waals surface area contributed by atoms with Gasteiger partial charge in [-0.3, -0.25) is 4.79 Å². The van der Waals surface area contributed by atoms with E-state index in [4.69, 9.17) is 0 Å². The second-order valence-corrected chi connectivity index (χ2v) is 7.28. The van der Waals surface area contributed by atoms with Gasteiger partial charge in [-0.1, -0.05) is 23.1 Å². The van der Waals surface area contributed by atoms with E-state index in [0.29, 0.717) is 21.9 Å². The number of rotatable bonds is 5. The molecule has 0 aliphatic rings. The topological polar surface area (TPSA) is 116 Å². The number of anilines is 2. The summed E-state index contributed by atoms with van der Waals surface area (Å²) in [5, 5.41) is 14.1. The van der Waals surface area contributed by atoms with E-state index < -0.39 is 0 Å². The smallest absolute Gasteiger partial charge is 0.323 e. The molecule has 0 aliphatic carbocycles. The van der Waals surface area contributed by atoms with Gasteiger partial charge in [-0.2, -0.15) is 0 Å². The summed E-state index contributed by atoms with van der Waals surface area (Å²) in [7, 11) is 1.77. The first-order valence-electron chi connectivity index (χ1n) is 6.76. The average molecular weight is 350 g/mol. The Hall–Kier alpha value is -2.33. The maximum absolute atomic E-state index is 12.3. The number of imidazole rings is 1. The lowest BCUT2D eigenvalue weighted by atomic mass is 10.2. The van der Waals surface area contributed by atoms with E-state index in [1.54, 1.807) is 32.2 Å². The highest BCUT2D eigenvalue weighted by molar-refractivity contribution is 8.02. The zero-order valence-corrected chi connectivity index (χ0v) is 14.0. The number of fused-ring (bicyclic) bond motifs is 1. The molecule has 0 fully saturated rings. The van der Waals surface area contributed by atoms with Gasteiger partial charge >= 0.3 is 5.69 Å². The third-order valence-electron chi connectivity index (χ3n) is 3.05. The summed E-state index contributed by atoms with van der Waals surface area (Å²) in [6.45, 7) is 1.80. The highest BCUT2D eigenvalue weighted by Crippen LogP contribution is 2.29. The fraction of sp³-hybridized carbons (Fsp3) is 0.231. The SMILES string of the molecule is CNc1nnc(S[C@H](C)C(=O)Nc2ccc3[nH]c(=O)[nH]c3c2)s1. The van der Waals surface area contributed by atoms with Crippen molar-refractivity contribution in [3.05, 3.63) is 28.7 Å². The van der Waals surface area contributed by atoms with Crippen molar-refractivity contribution in [3.63, 3.8) is 0 Å². The molecule has 23 heavy (non-hydrogen) atoms. The summed E-state index contributed by atoms with van der Waals surface area (Å²) in [6.07, 6.45) is 0. The quantitative estimate of drug-likeness (QED) is 0.522. The fourth-order valence-corrected chi connectivity index (χ4v) is 3.77. The lowest BCUT2D eigenvalue weighted by molar-refractivity contribution is -0.115. The number of nitrogens with one attached hydrogen (secondary N) is 4. The van der Waals surface area contributed by atoms with E-state index in [0.717, 1.165) is 4.34 Å². The molecule has 8 nitrogen and oxygen atoms in total. The van der Waals surface area contributed by atoms with Crippen LogP contribution in [0, 0.1) is 0 Å². The first kappa shape index (κ1) is 15.6. The molecule has 0 unspecified atom stereocenters. The third-order valence-corrected chi connectivity index (χ3v) is 5.18. The van der Waals surface area contributed by atoms with E-state index in [2.05, 4.69) is 30.8 Å². The largest absolute Gasteiger partial charge is 0.363 e. The van der Waals surface area contributed by atoms with Crippen LogP contribution in [0.25, 0.3) is 11.0 Å². The predicted octanol–water partition coefficient (Wildman–Crippen LogP) is 1.87. The Morgan fingerprint density at radius 3 is 2.83 bits per heavy atom. The third kappa shape index (κ3) is 3.54. The van der Waals surface area contributed by atoms with Crippen LogP contribution in [-0.4, -0.2) is 38.4 Å². The van der Waals surface area contributed by atoms with Crippen LogP contribution < -0.4 is 16.3 Å². The molecule has 0 saturated heterocycles. The van der Waals surface area contributed by atoms with E-state index in [-0.39, 0.29) is 16.8 Å². The molecule has 3 rings (SSSR count). The van der Waals surface area contributed by atoms with Gasteiger partial charge in [0.1, 0.15) is 0 Å². The minimum atomic E-state index is -0.325. The highest BCUT2D eigenvalue weighted by Gasteiger charge is 2.17. The van der Waals surface area contributed by atoms with Crippen molar-refractivity contribution >= 4 is 50.9 Å². The fourth-order valence-electron chi connectivity index (χ4n) is 1.92. The number of nitrogens with zero attached hydrogens (tertiary/aromatic N) is 2. The number of thioether (sulfide) groups is 1. The molecule has 0 spiro atoms. The van der Waals surface area contributed by atoms with Crippen LogP contribution in [0.4, 0.5) is 10.8 Å². The van der Waals surface area contributed by atoms with Crippen molar-refractivity contribution in [2.24, 2.45) is 0 Å². The minimum absolute atomic E-state index is 0.145. The molecule has 0 aliphatic heterocycles. The molecule has 2 aromatic heterocycles. The maximum atomic E-state index is 12.3. The van der Waals surface area contributed by atoms with Crippen LogP contribution >= 0.6 is 23.1 Å². The zero-order chi connectivity index (χ0) is 16.4. The summed E-state index contributed by atoms with van der Waals surface area (Å²) < 4.78 is 0.724. The van der Waals surface area contributed by atoms with E-state index in [1.807, 2.05) is 0 Å². The van der Waals surface area contributed by atoms with Crippen LogP contribution in [0.5, 0.6) is 0 Å². The van der Waals surface area contributed by atoms with Gasteiger partial charge in [0.05, 0.1) is 16.3 Å². The normalized spacial score (nSPS) is 12.3. The number of hydrogen-bond donors (Lipinski definition) is 4. The van der Waals surface area contributed by atoms with Gasteiger partial charge < -0.3 is 20.6 Å². The van der Waals surface area contributed by atoms with Crippen LogP contribution in [0.15, 0.2) is 27.3 Å². The molecule has 2 heterocycles. The van der Waals surface area contributed by atoms with Crippen LogP contribution in [-0.2, 0) is 4.79 Å². The Labute approximate surface area is 139 Å². The van der Waals surface area contributed by atoms with Crippen LogP contribution in [0.3, 0.4) is 0 Å². The number of amides is 1. The minimum Gasteiger partial charge on any atom is -0.363 e. The second kappa shape index (κ2) is 6.42. The molecular formula is C13H14N6O2S2. The van der Waals surface area contributed by atoms with Gasteiger partial charge in [-0.15, -0.1) is 10.2 Å². The van der Waals surface area contributed by atoms with E-state index in [1.165, 1.54) is 23.1 Å². The lowest BCUT2D eigenvalue weighted by Crippen LogP contribution is -2.22. The van der Waals surface area contributed by atoms with Crippen molar-refractivity contribution in [3.8, 4) is 0 Å². The molecule has 0 saturated carbocycles. The molecule has 1 aromatic carbocycles. The molecule has 120 valence electrons. The summed E-state index contributed by atoms with van der Waals surface area (Å²) in [5.41, 5.74) is 1.70. The Balaban J connectivity index is 1.67. The molecule has 10 heteroatoms. The number of H-pyrrole nitrogens is 2. The number of carbonyl (C=O) groups excluding carboxylic acids is 1. The standard InChI is InChI=1S/C13H14N6O2S2/c1-6(22-13-19-18-12(14-2)23-13)10(20)15-7-3-4-8-9(5-7)17-11(21)16-8/h3-6H,1-2H3,(H,14,18)(H,15,20)(H2,16,17,21)/t6-/m1/s1. The monoisotopic (exact) mass is 350 g/mol. The van der Waals surface area contributed by atoms with Crippen LogP contribution in [0.2, 0.25) is 0 Å².